The molecule has 3 atom stereocenters. The molecule has 22 heavy (non-hydrogen) atoms. The van der Waals surface area contributed by atoms with Gasteiger partial charge in [-0.05, 0) is 26.0 Å². The van der Waals surface area contributed by atoms with Gasteiger partial charge in [0.25, 0.3) is 5.91 Å². The Morgan fingerprint density at radius 3 is 2.27 bits per heavy atom. The summed E-state index contributed by atoms with van der Waals surface area (Å²) in [6.07, 6.45) is -0.710. The van der Waals surface area contributed by atoms with Gasteiger partial charge in [0, 0.05) is 18.7 Å². The Morgan fingerprint density at radius 1 is 1.23 bits per heavy atom. The van der Waals surface area contributed by atoms with E-state index in [9.17, 15) is 4.79 Å². The highest BCUT2D eigenvalue weighted by Crippen LogP contribution is 2.33. The largest absolute Gasteiger partial charge is 0.373 e. The zero-order valence-electron chi connectivity index (χ0n) is 12.4. The van der Waals surface area contributed by atoms with E-state index in [1.807, 2.05) is 24.8 Å². The van der Waals surface area contributed by atoms with Crippen molar-refractivity contribution in [2.45, 2.75) is 36.0 Å². The van der Waals surface area contributed by atoms with Crippen molar-refractivity contribution in [3.8, 4) is 0 Å². The van der Waals surface area contributed by atoms with Crippen molar-refractivity contribution in [2.24, 2.45) is 0 Å². The van der Waals surface area contributed by atoms with Gasteiger partial charge in [0.1, 0.15) is 6.17 Å². The lowest BCUT2D eigenvalue weighted by molar-refractivity contribution is -0.0826. The second-order valence-electron chi connectivity index (χ2n) is 5.49. The lowest BCUT2D eigenvalue weighted by Gasteiger charge is -2.42. The van der Waals surface area contributed by atoms with Crippen LogP contribution in [0.3, 0.4) is 0 Å². The zero-order chi connectivity index (χ0) is 16.3. The molecule has 1 heterocycles. The quantitative estimate of drug-likeness (QED) is 0.836. The van der Waals surface area contributed by atoms with Gasteiger partial charge in [-0.2, -0.15) is 0 Å². The molecule has 1 aliphatic heterocycles. The fraction of sp³-hybridized carbons (Fsp3) is 0.533. The van der Waals surface area contributed by atoms with Crippen LogP contribution in [0.25, 0.3) is 0 Å². The van der Waals surface area contributed by atoms with E-state index in [4.69, 9.17) is 39.5 Å². The summed E-state index contributed by atoms with van der Waals surface area (Å²) in [5.41, 5.74) is 0.524. The van der Waals surface area contributed by atoms with Gasteiger partial charge >= 0.3 is 0 Å². The normalized spacial score (nSPS) is 24.8. The first-order chi connectivity index (χ1) is 10.3. The number of nitrogens with zero attached hydrogens (tertiary/aromatic N) is 1. The Kier molecular flexibility index (Phi) is 5.97. The number of alkyl halides is 3. The Hall–Kier alpha value is -0.520. The molecule has 0 spiro atoms. The number of morpholine rings is 1. The summed E-state index contributed by atoms with van der Waals surface area (Å²) in [7, 11) is 0. The van der Waals surface area contributed by atoms with Crippen molar-refractivity contribution in [1.29, 1.82) is 0 Å². The van der Waals surface area contributed by atoms with E-state index < -0.39 is 9.96 Å². The second-order valence-corrected chi connectivity index (χ2v) is 7.86. The van der Waals surface area contributed by atoms with Crippen molar-refractivity contribution in [1.82, 2.24) is 10.2 Å². The highest BCUT2D eigenvalue weighted by molar-refractivity contribution is 6.68. The van der Waals surface area contributed by atoms with Crippen molar-refractivity contribution < 1.29 is 9.53 Å². The molecule has 1 aliphatic rings. The number of amides is 1. The Balaban J connectivity index is 2.15. The summed E-state index contributed by atoms with van der Waals surface area (Å²) in [4.78, 5) is 14.3. The minimum absolute atomic E-state index is 0.00669. The summed E-state index contributed by atoms with van der Waals surface area (Å²) in [6.45, 7) is 5.07. The standard InChI is InChI=1S/C15H19Cl3N2O2/c1-10-8-20(9-11(2)22-10)14(15(16,17)18)19-13(21)12-6-4-3-5-7-12/h3-7,10-11,14H,8-9H2,1-2H3,(H,19,21). The molecule has 1 saturated heterocycles. The number of hydrogen-bond acceptors (Lipinski definition) is 3. The highest BCUT2D eigenvalue weighted by Gasteiger charge is 2.41. The van der Waals surface area contributed by atoms with Gasteiger partial charge in [-0.25, -0.2) is 0 Å². The summed E-state index contributed by atoms with van der Waals surface area (Å²) < 4.78 is 4.05. The zero-order valence-corrected chi connectivity index (χ0v) is 14.7. The van der Waals surface area contributed by atoms with E-state index in [2.05, 4.69) is 5.32 Å². The number of nitrogens with one attached hydrogen (secondary N) is 1. The average Bonchev–Trinajstić information content (AvgIpc) is 2.43. The number of halogens is 3. The molecule has 1 N–H and O–H groups in total. The summed E-state index contributed by atoms with van der Waals surface area (Å²) in [5, 5.41) is 2.82. The molecule has 2 rings (SSSR count). The number of benzene rings is 1. The third-order valence-electron chi connectivity index (χ3n) is 3.43. The predicted molar refractivity (Wildman–Crippen MR) is 89.6 cm³/mol. The molecule has 0 saturated carbocycles. The van der Waals surface area contributed by atoms with Crippen LogP contribution in [0.1, 0.15) is 24.2 Å². The molecule has 0 aliphatic carbocycles. The van der Waals surface area contributed by atoms with Crippen molar-refractivity contribution in [3.05, 3.63) is 35.9 Å². The fourth-order valence-electron chi connectivity index (χ4n) is 2.61. The van der Waals surface area contributed by atoms with Crippen LogP contribution in [0, 0.1) is 0 Å². The number of carbonyl (C=O) groups excluding carboxylic acids is 1. The van der Waals surface area contributed by atoms with Crippen molar-refractivity contribution in [3.63, 3.8) is 0 Å². The summed E-state index contributed by atoms with van der Waals surface area (Å²) in [6, 6.07) is 8.86. The minimum Gasteiger partial charge on any atom is -0.373 e. The molecule has 122 valence electrons. The highest BCUT2D eigenvalue weighted by atomic mass is 35.6. The van der Waals surface area contributed by atoms with Crippen LogP contribution in [-0.4, -0.2) is 46.1 Å². The fourth-order valence-corrected chi connectivity index (χ4v) is 3.18. The van der Waals surface area contributed by atoms with E-state index in [1.54, 1.807) is 24.3 Å². The van der Waals surface area contributed by atoms with E-state index in [-0.39, 0.29) is 18.1 Å². The van der Waals surface area contributed by atoms with E-state index in [0.717, 1.165) is 0 Å². The average molecular weight is 366 g/mol. The van der Waals surface area contributed by atoms with Crippen LogP contribution in [0.5, 0.6) is 0 Å². The topological polar surface area (TPSA) is 41.6 Å². The Labute approximate surface area is 145 Å². The first kappa shape index (κ1) is 17.8. The first-order valence-electron chi connectivity index (χ1n) is 7.09. The molecular formula is C15H19Cl3N2O2. The lowest BCUT2D eigenvalue weighted by Crippen LogP contribution is -2.60. The molecule has 7 heteroatoms. The maximum atomic E-state index is 12.4. The molecule has 0 aromatic heterocycles. The molecule has 1 aromatic carbocycles. The van der Waals surface area contributed by atoms with E-state index in [0.29, 0.717) is 18.7 Å². The molecule has 4 nitrogen and oxygen atoms in total. The lowest BCUT2D eigenvalue weighted by atomic mass is 10.2. The summed E-state index contributed by atoms with van der Waals surface area (Å²) >= 11 is 18.3. The van der Waals surface area contributed by atoms with Gasteiger partial charge in [0.05, 0.1) is 12.2 Å². The van der Waals surface area contributed by atoms with Gasteiger partial charge in [-0.1, -0.05) is 53.0 Å². The van der Waals surface area contributed by atoms with Gasteiger partial charge in [-0.15, -0.1) is 0 Å². The van der Waals surface area contributed by atoms with Crippen molar-refractivity contribution in [2.75, 3.05) is 13.1 Å². The SMILES string of the molecule is CC1CN(C(NC(=O)c2ccccc2)C(Cl)(Cl)Cl)CC(C)O1. The number of carbonyl (C=O) groups is 1. The van der Waals surface area contributed by atoms with Crippen LogP contribution in [-0.2, 0) is 4.74 Å². The second kappa shape index (κ2) is 7.37. The number of hydrogen-bond donors (Lipinski definition) is 1. The Morgan fingerprint density at radius 2 is 1.77 bits per heavy atom. The van der Waals surface area contributed by atoms with Gasteiger partial charge < -0.3 is 10.1 Å². The smallest absolute Gasteiger partial charge is 0.252 e. The third kappa shape index (κ3) is 4.74. The van der Waals surface area contributed by atoms with E-state index in [1.165, 1.54) is 0 Å². The maximum Gasteiger partial charge on any atom is 0.252 e. The molecular weight excluding hydrogens is 347 g/mol. The van der Waals surface area contributed by atoms with E-state index >= 15 is 0 Å². The molecule has 1 aromatic rings. The minimum atomic E-state index is -1.64. The predicted octanol–water partition coefficient (Wildman–Crippen LogP) is 3.22. The monoisotopic (exact) mass is 364 g/mol. The third-order valence-corrected chi connectivity index (χ3v) is 4.05. The summed E-state index contributed by atoms with van der Waals surface area (Å²) in [5.74, 6) is -0.274. The molecule has 1 fully saturated rings. The molecule has 0 radical (unpaired) electrons. The van der Waals surface area contributed by atoms with Gasteiger partial charge in [0.15, 0.2) is 0 Å². The van der Waals surface area contributed by atoms with Gasteiger partial charge in [0.2, 0.25) is 3.79 Å². The first-order valence-corrected chi connectivity index (χ1v) is 8.23. The van der Waals surface area contributed by atoms with Crippen LogP contribution in [0.15, 0.2) is 30.3 Å². The Bertz CT molecular complexity index is 497. The van der Waals surface area contributed by atoms with Crippen LogP contribution >= 0.6 is 34.8 Å². The maximum absolute atomic E-state index is 12.4. The molecule has 3 unspecified atom stereocenters. The van der Waals surface area contributed by atoms with Crippen LogP contribution in [0.4, 0.5) is 0 Å². The van der Waals surface area contributed by atoms with Crippen LogP contribution < -0.4 is 5.32 Å². The number of ether oxygens (including phenoxy) is 1. The van der Waals surface area contributed by atoms with Crippen LogP contribution in [0.2, 0.25) is 0 Å². The number of rotatable bonds is 3. The van der Waals surface area contributed by atoms with Crippen molar-refractivity contribution >= 4 is 40.7 Å². The van der Waals surface area contributed by atoms with Gasteiger partial charge in [-0.3, -0.25) is 9.69 Å². The molecule has 0 bridgehead atoms. The molecule has 1 amide bonds.